The maximum atomic E-state index is 9.47. The van der Waals surface area contributed by atoms with Gasteiger partial charge in [-0.3, -0.25) is 0 Å². The monoisotopic (exact) mass is 325 g/mol. The topological polar surface area (TPSA) is 82.5 Å². The highest BCUT2D eigenvalue weighted by molar-refractivity contribution is 5.84. The van der Waals surface area contributed by atoms with Crippen LogP contribution in [0, 0.1) is 0 Å². The van der Waals surface area contributed by atoms with Gasteiger partial charge in [-0.2, -0.15) is 0 Å². The van der Waals surface area contributed by atoms with E-state index in [-0.39, 0.29) is 6.61 Å². The van der Waals surface area contributed by atoms with E-state index < -0.39 is 0 Å². The number of nitrogens with zero attached hydrogens (tertiary/aromatic N) is 2. The van der Waals surface area contributed by atoms with Gasteiger partial charge in [-0.1, -0.05) is 24.3 Å². The molecule has 0 saturated carbocycles. The summed E-state index contributed by atoms with van der Waals surface area (Å²) in [5.41, 5.74) is 9.47. The molecule has 0 radical (unpaired) electrons. The summed E-state index contributed by atoms with van der Waals surface area (Å²) in [6.45, 7) is 2.09. The predicted molar refractivity (Wildman–Crippen MR) is 91.1 cm³/mol. The lowest BCUT2D eigenvalue weighted by Crippen LogP contribution is -2.15. The Hall–Kier alpha value is -2.57. The number of fused-ring (bicyclic) bond motifs is 2. The predicted octanol–water partition coefficient (Wildman–Crippen LogP) is 1.93. The lowest BCUT2D eigenvalue weighted by atomic mass is 10.1. The minimum atomic E-state index is 0.0355. The molecule has 1 aromatic heterocycles. The molecule has 124 valence electrons. The molecule has 0 bridgehead atoms. The van der Waals surface area contributed by atoms with E-state index in [2.05, 4.69) is 0 Å². The number of ether oxygens (including phenoxy) is 2. The fraction of sp³-hybridized carbons (Fsp3) is 0.278. The lowest BCUT2D eigenvalue weighted by molar-refractivity contribution is 0.172. The Morgan fingerprint density at radius 2 is 1.79 bits per heavy atom. The molecule has 3 N–H and O–H groups in total. The minimum Gasteiger partial charge on any atom is -0.486 e. The molecule has 0 saturated heterocycles. The van der Waals surface area contributed by atoms with Crippen molar-refractivity contribution < 1.29 is 14.6 Å². The van der Waals surface area contributed by atoms with Crippen molar-refractivity contribution in [2.45, 2.75) is 13.1 Å². The summed E-state index contributed by atoms with van der Waals surface area (Å²) in [6.07, 6.45) is 0. The lowest BCUT2D eigenvalue weighted by Gasteiger charge is -2.18. The first-order valence-corrected chi connectivity index (χ1v) is 8.00. The fourth-order valence-electron chi connectivity index (χ4n) is 3.00. The summed E-state index contributed by atoms with van der Waals surface area (Å²) >= 11 is 0. The first-order valence-electron chi connectivity index (χ1n) is 8.00. The van der Waals surface area contributed by atoms with Gasteiger partial charge in [0, 0.05) is 30.8 Å². The minimum absolute atomic E-state index is 0.0355. The molecule has 6 nitrogen and oxygen atoms in total. The van der Waals surface area contributed by atoms with E-state index in [9.17, 15) is 5.11 Å². The van der Waals surface area contributed by atoms with Crippen LogP contribution >= 0.6 is 0 Å². The van der Waals surface area contributed by atoms with E-state index in [1.54, 1.807) is 0 Å². The number of aliphatic hydroxyl groups excluding tert-OH is 1. The molecular weight excluding hydrogens is 306 g/mol. The molecule has 0 unspecified atom stereocenters. The van der Waals surface area contributed by atoms with Gasteiger partial charge in [-0.05, 0) is 5.56 Å². The van der Waals surface area contributed by atoms with Crippen LogP contribution in [-0.2, 0) is 13.1 Å². The van der Waals surface area contributed by atoms with Gasteiger partial charge < -0.3 is 24.9 Å². The highest BCUT2D eigenvalue weighted by atomic mass is 16.6. The third kappa shape index (κ3) is 2.50. The summed E-state index contributed by atoms with van der Waals surface area (Å²) < 4.78 is 13.3. The average molecular weight is 325 g/mol. The molecule has 0 atom stereocenters. The van der Waals surface area contributed by atoms with Gasteiger partial charge in [-0.15, -0.1) is 0 Å². The number of hydrogen-bond donors (Lipinski definition) is 2. The van der Waals surface area contributed by atoms with Crippen molar-refractivity contribution in [1.29, 1.82) is 0 Å². The Kier molecular flexibility index (Phi) is 3.84. The van der Waals surface area contributed by atoms with Crippen molar-refractivity contribution in [2.75, 3.05) is 19.8 Å². The zero-order valence-corrected chi connectivity index (χ0v) is 13.2. The van der Waals surface area contributed by atoms with Gasteiger partial charge in [0.05, 0.1) is 17.6 Å². The van der Waals surface area contributed by atoms with Crippen LogP contribution in [0.3, 0.4) is 0 Å². The van der Waals surface area contributed by atoms with Crippen LogP contribution in [0.15, 0.2) is 36.4 Å². The average Bonchev–Trinajstić information content (AvgIpc) is 2.98. The zero-order chi connectivity index (χ0) is 16.5. The highest BCUT2D eigenvalue weighted by Crippen LogP contribution is 2.36. The molecule has 1 aliphatic heterocycles. The zero-order valence-electron chi connectivity index (χ0n) is 13.2. The van der Waals surface area contributed by atoms with Gasteiger partial charge in [0.15, 0.2) is 11.5 Å². The number of imidazole rings is 1. The van der Waals surface area contributed by atoms with E-state index in [0.717, 1.165) is 33.7 Å². The van der Waals surface area contributed by atoms with Gasteiger partial charge in [0.25, 0.3) is 0 Å². The second-order valence-electron chi connectivity index (χ2n) is 5.70. The smallest absolute Gasteiger partial charge is 0.163 e. The molecule has 4 rings (SSSR count). The molecule has 2 aromatic carbocycles. The molecule has 0 spiro atoms. The van der Waals surface area contributed by atoms with Crippen LogP contribution in [0.5, 0.6) is 11.5 Å². The quantitative estimate of drug-likeness (QED) is 0.766. The van der Waals surface area contributed by atoms with E-state index in [4.69, 9.17) is 20.2 Å². The van der Waals surface area contributed by atoms with E-state index in [0.29, 0.717) is 32.1 Å². The van der Waals surface area contributed by atoms with Gasteiger partial charge in [-0.25, -0.2) is 4.98 Å². The van der Waals surface area contributed by atoms with Crippen LogP contribution < -0.4 is 15.2 Å². The highest BCUT2D eigenvalue weighted by Gasteiger charge is 2.18. The Balaban J connectivity index is 1.88. The molecule has 1 aliphatic rings. The summed E-state index contributed by atoms with van der Waals surface area (Å²) in [5, 5.41) is 9.47. The van der Waals surface area contributed by atoms with Crippen LogP contribution in [0.4, 0.5) is 0 Å². The number of benzene rings is 2. The third-order valence-electron chi connectivity index (χ3n) is 4.18. The number of aliphatic hydroxyl groups is 1. The van der Waals surface area contributed by atoms with E-state index in [1.807, 2.05) is 41.0 Å². The largest absolute Gasteiger partial charge is 0.486 e. The van der Waals surface area contributed by atoms with Gasteiger partial charge in [0.1, 0.15) is 19.0 Å². The number of hydrogen-bond acceptors (Lipinski definition) is 5. The summed E-state index contributed by atoms with van der Waals surface area (Å²) in [4.78, 5) is 4.75. The SMILES string of the molecule is NCc1ccc(-c2nc3cc4c(cc3n2CCO)OCCO4)cc1. The van der Waals surface area contributed by atoms with Gasteiger partial charge in [0.2, 0.25) is 0 Å². The molecule has 6 heteroatoms. The summed E-state index contributed by atoms with van der Waals surface area (Å²) in [6, 6.07) is 11.8. The van der Waals surface area contributed by atoms with E-state index >= 15 is 0 Å². The first-order chi connectivity index (χ1) is 11.8. The summed E-state index contributed by atoms with van der Waals surface area (Å²) in [7, 11) is 0. The normalized spacial score (nSPS) is 13.4. The van der Waals surface area contributed by atoms with E-state index in [1.165, 1.54) is 0 Å². The Morgan fingerprint density at radius 1 is 1.08 bits per heavy atom. The van der Waals surface area contributed by atoms with Crippen molar-refractivity contribution in [3.63, 3.8) is 0 Å². The summed E-state index contributed by atoms with van der Waals surface area (Å²) in [5.74, 6) is 2.25. The first kappa shape index (κ1) is 15.0. The van der Waals surface area contributed by atoms with Crippen molar-refractivity contribution in [2.24, 2.45) is 5.73 Å². The van der Waals surface area contributed by atoms with Crippen LogP contribution in [-0.4, -0.2) is 34.5 Å². The number of rotatable bonds is 4. The molecule has 0 fully saturated rings. The van der Waals surface area contributed by atoms with Crippen molar-refractivity contribution >= 4 is 11.0 Å². The second kappa shape index (κ2) is 6.14. The molecule has 3 aromatic rings. The molecular formula is C18H19N3O3. The maximum absolute atomic E-state index is 9.47. The van der Waals surface area contributed by atoms with Crippen LogP contribution in [0.2, 0.25) is 0 Å². The number of nitrogens with two attached hydrogens (primary N) is 1. The third-order valence-corrected chi connectivity index (χ3v) is 4.18. The molecule has 2 heterocycles. The number of aromatic nitrogens is 2. The second-order valence-corrected chi connectivity index (χ2v) is 5.70. The fourth-order valence-corrected chi connectivity index (χ4v) is 3.00. The van der Waals surface area contributed by atoms with Crippen LogP contribution in [0.1, 0.15) is 5.56 Å². The molecule has 0 amide bonds. The molecule has 0 aliphatic carbocycles. The van der Waals surface area contributed by atoms with Crippen LogP contribution in [0.25, 0.3) is 22.4 Å². The molecule has 24 heavy (non-hydrogen) atoms. The Bertz CT molecular complexity index is 871. The maximum Gasteiger partial charge on any atom is 0.163 e. The standard InChI is InChI=1S/C18H19N3O3/c19-11-12-1-3-13(4-2-12)18-20-14-9-16-17(24-8-7-23-16)10-15(14)21(18)5-6-22/h1-4,9-10,22H,5-8,11,19H2. The van der Waals surface area contributed by atoms with Crippen molar-refractivity contribution in [3.05, 3.63) is 42.0 Å². The Labute approximate surface area is 139 Å². The Morgan fingerprint density at radius 3 is 2.46 bits per heavy atom. The van der Waals surface area contributed by atoms with Crippen molar-refractivity contribution in [3.8, 4) is 22.9 Å². The van der Waals surface area contributed by atoms with Crippen molar-refractivity contribution in [1.82, 2.24) is 9.55 Å². The van der Waals surface area contributed by atoms with Gasteiger partial charge >= 0.3 is 0 Å².